The van der Waals surface area contributed by atoms with Crippen molar-refractivity contribution >= 4 is 38.5 Å². The maximum atomic E-state index is 11.1. The van der Waals surface area contributed by atoms with Crippen molar-refractivity contribution in [2.24, 2.45) is 5.73 Å². The number of rotatable bonds is 1. The summed E-state index contributed by atoms with van der Waals surface area (Å²) >= 11 is 3.32. The standard InChI is InChI=1S/C9H7BrN2O2/c10-5-3-6(11)7(9(12)13)8-4(5)1-2-14-8/h1-3H,11H2,(H2,12,13). The monoisotopic (exact) mass is 254 g/mol. The number of nitrogens with two attached hydrogens (primary N) is 2. The van der Waals surface area contributed by atoms with Crippen molar-refractivity contribution in [2.75, 3.05) is 5.73 Å². The Hall–Kier alpha value is -1.49. The lowest BCUT2D eigenvalue weighted by molar-refractivity contribution is 0.100. The Morgan fingerprint density at radius 1 is 1.50 bits per heavy atom. The fraction of sp³-hybridized carbons (Fsp3) is 0. The molecule has 0 aliphatic carbocycles. The molecule has 72 valence electrons. The third-order valence-corrected chi connectivity index (χ3v) is 2.62. The van der Waals surface area contributed by atoms with Gasteiger partial charge < -0.3 is 15.9 Å². The van der Waals surface area contributed by atoms with E-state index in [-0.39, 0.29) is 5.56 Å². The Kier molecular flexibility index (Phi) is 1.96. The molecular formula is C9H7BrN2O2. The van der Waals surface area contributed by atoms with E-state index in [0.717, 1.165) is 9.86 Å². The lowest BCUT2D eigenvalue weighted by Crippen LogP contribution is -2.13. The minimum Gasteiger partial charge on any atom is -0.463 e. The van der Waals surface area contributed by atoms with Crippen molar-refractivity contribution in [3.05, 3.63) is 28.4 Å². The van der Waals surface area contributed by atoms with Gasteiger partial charge in [-0.15, -0.1) is 0 Å². The maximum Gasteiger partial charge on any atom is 0.254 e. The van der Waals surface area contributed by atoms with Crippen LogP contribution < -0.4 is 11.5 Å². The van der Waals surface area contributed by atoms with E-state index in [2.05, 4.69) is 15.9 Å². The third-order valence-electron chi connectivity index (χ3n) is 1.97. The minimum absolute atomic E-state index is 0.230. The first-order valence-corrected chi connectivity index (χ1v) is 4.65. The van der Waals surface area contributed by atoms with E-state index >= 15 is 0 Å². The molecule has 1 amide bonds. The average Bonchev–Trinajstić information content (AvgIpc) is 2.51. The van der Waals surface area contributed by atoms with Gasteiger partial charge in [0.05, 0.1) is 6.26 Å². The van der Waals surface area contributed by atoms with Crippen LogP contribution in [0.1, 0.15) is 10.4 Å². The summed E-state index contributed by atoms with van der Waals surface area (Å²) < 4.78 is 5.94. The van der Waals surface area contributed by atoms with E-state index in [1.54, 1.807) is 12.1 Å². The highest BCUT2D eigenvalue weighted by molar-refractivity contribution is 9.10. The van der Waals surface area contributed by atoms with Crippen LogP contribution in [0, 0.1) is 0 Å². The van der Waals surface area contributed by atoms with Crippen LogP contribution in [0.2, 0.25) is 0 Å². The zero-order valence-corrected chi connectivity index (χ0v) is 8.67. The molecule has 2 aromatic rings. The summed E-state index contributed by atoms with van der Waals surface area (Å²) in [5, 5.41) is 0.785. The van der Waals surface area contributed by atoms with Gasteiger partial charge in [-0.3, -0.25) is 4.79 Å². The summed E-state index contributed by atoms with van der Waals surface area (Å²) in [7, 11) is 0. The van der Waals surface area contributed by atoms with Crippen molar-refractivity contribution in [2.45, 2.75) is 0 Å². The van der Waals surface area contributed by atoms with E-state index in [4.69, 9.17) is 15.9 Å². The second kappa shape index (κ2) is 3.02. The van der Waals surface area contributed by atoms with Crippen LogP contribution in [0.4, 0.5) is 5.69 Å². The predicted molar refractivity (Wildman–Crippen MR) is 56.8 cm³/mol. The zero-order chi connectivity index (χ0) is 10.3. The molecule has 0 atom stereocenters. The second-order valence-corrected chi connectivity index (χ2v) is 3.70. The Balaban J connectivity index is 2.93. The first kappa shape index (κ1) is 9.08. The number of carbonyl (C=O) groups is 1. The summed E-state index contributed by atoms with van der Waals surface area (Å²) in [6.07, 6.45) is 1.49. The summed E-state index contributed by atoms with van der Waals surface area (Å²) in [5.74, 6) is -0.588. The van der Waals surface area contributed by atoms with E-state index in [9.17, 15) is 4.79 Å². The summed E-state index contributed by atoms with van der Waals surface area (Å²) in [6.45, 7) is 0. The highest BCUT2D eigenvalue weighted by Crippen LogP contribution is 2.31. The fourth-order valence-electron chi connectivity index (χ4n) is 1.36. The molecule has 0 saturated heterocycles. The Bertz CT molecular complexity index is 519. The molecular weight excluding hydrogens is 248 g/mol. The van der Waals surface area contributed by atoms with Crippen LogP contribution in [0.5, 0.6) is 0 Å². The number of fused-ring (bicyclic) bond motifs is 1. The number of hydrogen-bond acceptors (Lipinski definition) is 3. The molecule has 0 aliphatic heterocycles. The van der Waals surface area contributed by atoms with Crippen molar-refractivity contribution in [1.29, 1.82) is 0 Å². The molecule has 14 heavy (non-hydrogen) atoms. The van der Waals surface area contributed by atoms with Gasteiger partial charge in [0.2, 0.25) is 0 Å². The highest BCUT2D eigenvalue weighted by atomic mass is 79.9. The minimum atomic E-state index is -0.588. The first-order valence-electron chi connectivity index (χ1n) is 3.86. The SMILES string of the molecule is NC(=O)c1c(N)cc(Br)c2ccoc12. The zero-order valence-electron chi connectivity index (χ0n) is 7.08. The smallest absolute Gasteiger partial charge is 0.254 e. The quantitative estimate of drug-likeness (QED) is 0.763. The number of primary amides is 1. The number of nitrogen functional groups attached to an aromatic ring is 1. The van der Waals surface area contributed by atoms with Crippen LogP contribution in [-0.4, -0.2) is 5.91 Å². The largest absolute Gasteiger partial charge is 0.463 e. The molecule has 4 N–H and O–H groups in total. The molecule has 0 unspecified atom stereocenters. The molecule has 0 aliphatic rings. The van der Waals surface area contributed by atoms with Crippen LogP contribution >= 0.6 is 15.9 Å². The van der Waals surface area contributed by atoms with Gasteiger partial charge in [-0.25, -0.2) is 0 Å². The molecule has 0 spiro atoms. The predicted octanol–water partition coefficient (Wildman–Crippen LogP) is 1.88. The summed E-state index contributed by atoms with van der Waals surface area (Å²) in [5.41, 5.74) is 11.8. The van der Waals surface area contributed by atoms with Gasteiger partial charge in [0.1, 0.15) is 11.1 Å². The molecule has 1 aromatic heterocycles. The van der Waals surface area contributed by atoms with Gasteiger partial charge in [-0.2, -0.15) is 0 Å². The number of furan rings is 1. The van der Waals surface area contributed by atoms with Crippen LogP contribution in [0.3, 0.4) is 0 Å². The summed E-state index contributed by atoms with van der Waals surface area (Å²) in [4.78, 5) is 11.1. The van der Waals surface area contributed by atoms with Crippen molar-refractivity contribution in [3.8, 4) is 0 Å². The van der Waals surface area contributed by atoms with Crippen LogP contribution in [-0.2, 0) is 0 Å². The number of anilines is 1. The molecule has 0 fully saturated rings. The van der Waals surface area contributed by atoms with E-state index < -0.39 is 5.91 Å². The number of carbonyl (C=O) groups excluding carboxylic acids is 1. The van der Waals surface area contributed by atoms with Crippen molar-refractivity contribution < 1.29 is 9.21 Å². The molecule has 1 heterocycles. The van der Waals surface area contributed by atoms with E-state index in [0.29, 0.717) is 11.3 Å². The van der Waals surface area contributed by atoms with Gasteiger partial charge in [0, 0.05) is 15.5 Å². The molecule has 0 saturated carbocycles. The Labute approximate surface area is 88.0 Å². The Morgan fingerprint density at radius 3 is 2.86 bits per heavy atom. The number of amides is 1. The summed E-state index contributed by atoms with van der Waals surface area (Å²) in [6, 6.07) is 3.38. The molecule has 1 aromatic carbocycles. The van der Waals surface area contributed by atoms with E-state index in [1.807, 2.05) is 0 Å². The fourth-order valence-corrected chi connectivity index (χ4v) is 1.92. The molecule has 4 nitrogen and oxygen atoms in total. The van der Waals surface area contributed by atoms with Gasteiger partial charge in [-0.05, 0) is 28.1 Å². The van der Waals surface area contributed by atoms with Crippen LogP contribution in [0.25, 0.3) is 11.0 Å². The van der Waals surface area contributed by atoms with Crippen molar-refractivity contribution in [3.63, 3.8) is 0 Å². The van der Waals surface area contributed by atoms with Crippen molar-refractivity contribution in [1.82, 2.24) is 0 Å². The maximum absolute atomic E-state index is 11.1. The number of benzene rings is 1. The van der Waals surface area contributed by atoms with Gasteiger partial charge >= 0.3 is 0 Å². The van der Waals surface area contributed by atoms with E-state index in [1.165, 1.54) is 6.26 Å². The normalized spacial score (nSPS) is 10.6. The van der Waals surface area contributed by atoms with Gasteiger partial charge in [-0.1, -0.05) is 0 Å². The lowest BCUT2D eigenvalue weighted by atomic mass is 10.1. The number of halogens is 1. The molecule has 0 bridgehead atoms. The average molecular weight is 255 g/mol. The lowest BCUT2D eigenvalue weighted by Gasteiger charge is -2.03. The highest BCUT2D eigenvalue weighted by Gasteiger charge is 2.15. The topological polar surface area (TPSA) is 82.2 Å². The first-order chi connectivity index (χ1) is 6.61. The van der Waals surface area contributed by atoms with Crippen LogP contribution in [0.15, 0.2) is 27.3 Å². The second-order valence-electron chi connectivity index (χ2n) is 2.85. The molecule has 2 rings (SSSR count). The molecule has 5 heteroatoms. The number of hydrogen-bond donors (Lipinski definition) is 2. The molecule has 0 radical (unpaired) electrons. The van der Waals surface area contributed by atoms with Gasteiger partial charge in [0.25, 0.3) is 5.91 Å². The third kappa shape index (κ3) is 1.17. The van der Waals surface area contributed by atoms with Gasteiger partial charge in [0.15, 0.2) is 0 Å². The Morgan fingerprint density at radius 2 is 2.21 bits per heavy atom.